The Labute approximate surface area is 166 Å². The van der Waals surface area contributed by atoms with E-state index in [4.69, 9.17) is 23.2 Å². The Morgan fingerprint density at radius 2 is 1.88 bits per heavy atom. The van der Waals surface area contributed by atoms with Crippen LogP contribution < -0.4 is 10.2 Å². The molecule has 0 aromatic heterocycles. The quantitative estimate of drug-likeness (QED) is 0.823. The van der Waals surface area contributed by atoms with Crippen molar-refractivity contribution in [2.75, 3.05) is 51.7 Å². The summed E-state index contributed by atoms with van der Waals surface area (Å²) in [5.41, 5.74) is 1.04. The summed E-state index contributed by atoms with van der Waals surface area (Å²) in [7, 11) is 3.56. The second-order valence-corrected chi connectivity index (χ2v) is 8.35. The molecule has 144 valence electrons. The molecule has 0 atom stereocenters. The summed E-state index contributed by atoms with van der Waals surface area (Å²) in [5, 5.41) is 4.33. The van der Waals surface area contributed by atoms with E-state index in [1.807, 2.05) is 18.2 Å². The van der Waals surface area contributed by atoms with Gasteiger partial charge in [0.2, 0.25) is 0 Å². The fourth-order valence-electron chi connectivity index (χ4n) is 3.71. The highest BCUT2D eigenvalue weighted by atomic mass is 35.5. The lowest BCUT2D eigenvalue weighted by atomic mass is 9.78. The van der Waals surface area contributed by atoms with Crippen molar-refractivity contribution in [3.8, 4) is 0 Å². The van der Waals surface area contributed by atoms with Crippen molar-refractivity contribution in [2.45, 2.75) is 25.3 Å². The number of halogens is 2. The van der Waals surface area contributed by atoms with Crippen LogP contribution in [-0.4, -0.2) is 68.7 Å². The molecule has 1 aliphatic heterocycles. The molecule has 0 radical (unpaired) electrons. The molecular formula is C19H28Cl2N4O. The van der Waals surface area contributed by atoms with Crippen LogP contribution in [0.15, 0.2) is 18.2 Å². The number of hydrogen-bond acceptors (Lipinski definition) is 3. The number of benzene rings is 1. The molecule has 1 saturated carbocycles. The first-order valence-electron chi connectivity index (χ1n) is 9.33. The zero-order chi connectivity index (χ0) is 18.7. The third-order valence-electron chi connectivity index (χ3n) is 5.47. The number of rotatable bonds is 5. The average Bonchev–Trinajstić information content (AvgIpc) is 2.59. The van der Waals surface area contributed by atoms with Gasteiger partial charge in [-0.05, 0) is 43.9 Å². The first-order chi connectivity index (χ1) is 12.4. The summed E-state index contributed by atoms with van der Waals surface area (Å²) >= 11 is 12.5. The van der Waals surface area contributed by atoms with Gasteiger partial charge in [-0.2, -0.15) is 0 Å². The van der Waals surface area contributed by atoms with Gasteiger partial charge in [0.25, 0.3) is 0 Å². The molecule has 0 unspecified atom stereocenters. The topological polar surface area (TPSA) is 38.8 Å². The molecule has 1 N–H and O–H groups in total. The normalized spacial score (nSPS) is 23.5. The van der Waals surface area contributed by atoms with Crippen LogP contribution in [0.2, 0.25) is 10.0 Å². The Morgan fingerprint density at radius 1 is 1.19 bits per heavy atom. The van der Waals surface area contributed by atoms with E-state index in [1.54, 1.807) is 19.0 Å². The summed E-state index contributed by atoms with van der Waals surface area (Å²) in [6.07, 6.45) is 3.43. The van der Waals surface area contributed by atoms with Crippen LogP contribution in [0.3, 0.4) is 0 Å². The molecule has 26 heavy (non-hydrogen) atoms. The fraction of sp³-hybridized carbons (Fsp3) is 0.632. The van der Waals surface area contributed by atoms with Crippen LogP contribution in [0, 0.1) is 5.92 Å². The highest BCUT2D eigenvalue weighted by Gasteiger charge is 2.31. The van der Waals surface area contributed by atoms with E-state index < -0.39 is 0 Å². The number of carbonyl (C=O) groups excluding carboxylic acids is 1. The van der Waals surface area contributed by atoms with Crippen molar-refractivity contribution in [1.29, 1.82) is 0 Å². The molecule has 5 nitrogen and oxygen atoms in total. The van der Waals surface area contributed by atoms with Gasteiger partial charge in [0.1, 0.15) is 0 Å². The van der Waals surface area contributed by atoms with Crippen molar-refractivity contribution in [3.63, 3.8) is 0 Å². The number of nitrogens with zero attached hydrogens (tertiary/aromatic N) is 3. The van der Waals surface area contributed by atoms with E-state index in [-0.39, 0.29) is 6.03 Å². The predicted molar refractivity (Wildman–Crippen MR) is 108 cm³/mol. The number of piperazine rings is 1. The predicted octanol–water partition coefficient (Wildman–Crippen LogP) is 3.56. The minimum absolute atomic E-state index is 0.0178. The third-order valence-corrected chi connectivity index (χ3v) is 6.28. The van der Waals surface area contributed by atoms with E-state index in [2.05, 4.69) is 15.1 Å². The van der Waals surface area contributed by atoms with Gasteiger partial charge in [-0.25, -0.2) is 4.79 Å². The monoisotopic (exact) mass is 398 g/mol. The van der Waals surface area contributed by atoms with Crippen LogP contribution in [-0.2, 0) is 0 Å². The van der Waals surface area contributed by atoms with E-state index in [0.717, 1.165) is 57.2 Å². The molecule has 1 heterocycles. The van der Waals surface area contributed by atoms with Gasteiger partial charge in [-0.3, -0.25) is 4.90 Å². The molecule has 0 bridgehead atoms. The lowest BCUT2D eigenvalue weighted by Gasteiger charge is -2.40. The molecule has 3 rings (SSSR count). The average molecular weight is 399 g/mol. The largest absolute Gasteiger partial charge is 0.368 e. The Balaban J connectivity index is 1.35. The highest BCUT2D eigenvalue weighted by Crippen LogP contribution is 2.33. The maximum Gasteiger partial charge on any atom is 0.317 e. The van der Waals surface area contributed by atoms with Gasteiger partial charge >= 0.3 is 6.03 Å². The second-order valence-electron chi connectivity index (χ2n) is 7.57. The first kappa shape index (κ1) is 19.6. The standard InChI is InChI=1S/C19H28Cl2N4O/c1-23(2)19(26)22-15-12-14(13-15)6-7-24-8-10-25(11-9-24)17-5-3-4-16(20)18(17)21/h3-5,14-15H,6-13H2,1-2H3,(H,22,26)/t14-,15-. The molecular weight excluding hydrogens is 371 g/mol. The minimum atomic E-state index is 0.0178. The van der Waals surface area contributed by atoms with E-state index in [9.17, 15) is 4.79 Å². The lowest BCUT2D eigenvalue weighted by molar-refractivity contribution is 0.162. The molecule has 1 aromatic rings. The fourth-order valence-corrected chi connectivity index (χ4v) is 4.12. The van der Waals surface area contributed by atoms with Crippen LogP contribution in [0.25, 0.3) is 0 Å². The zero-order valence-electron chi connectivity index (χ0n) is 15.5. The second kappa shape index (κ2) is 8.68. The van der Waals surface area contributed by atoms with Gasteiger partial charge in [0.15, 0.2) is 0 Å². The summed E-state index contributed by atoms with van der Waals surface area (Å²) in [6.45, 7) is 5.20. The lowest BCUT2D eigenvalue weighted by Crippen LogP contribution is -2.49. The number of nitrogens with one attached hydrogen (secondary N) is 1. The summed E-state index contributed by atoms with van der Waals surface area (Å²) in [4.78, 5) is 18.1. The van der Waals surface area contributed by atoms with E-state index in [0.29, 0.717) is 16.1 Å². The van der Waals surface area contributed by atoms with Crippen LogP contribution >= 0.6 is 23.2 Å². The minimum Gasteiger partial charge on any atom is -0.368 e. The van der Waals surface area contributed by atoms with Gasteiger partial charge in [-0.15, -0.1) is 0 Å². The molecule has 0 spiro atoms. The van der Waals surface area contributed by atoms with Crippen LogP contribution in [0.1, 0.15) is 19.3 Å². The molecule has 1 aliphatic carbocycles. The summed E-state index contributed by atoms with van der Waals surface area (Å²) in [5.74, 6) is 0.739. The van der Waals surface area contributed by atoms with Gasteiger partial charge in [0, 0.05) is 46.3 Å². The maximum absolute atomic E-state index is 11.6. The molecule has 2 aliphatic rings. The van der Waals surface area contributed by atoms with Crippen molar-refractivity contribution in [2.24, 2.45) is 5.92 Å². The SMILES string of the molecule is CN(C)C(=O)N[C@H]1C[C@H](CCN2CCN(c3cccc(Cl)c3Cl)CC2)C1. The smallest absolute Gasteiger partial charge is 0.317 e. The third kappa shape index (κ3) is 4.76. The molecule has 2 amide bonds. The number of amides is 2. The Morgan fingerprint density at radius 3 is 2.54 bits per heavy atom. The van der Waals surface area contributed by atoms with E-state index >= 15 is 0 Å². The van der Waals surface area contributed by atoms with Gasteiger partial charge in [0.05, 0.1) is 15.7 Å². The molecule has 1 saturated heterocycles. The van der Waals surface area contributed by atoms with Crippen molar-refractivity contribution >= 4 is 34.9 Å². The highest BCUT2D eigenvalue weighted by molar-refractivity contribution is 6.43. The number of hydrogen-bond donors (Lipinski definition) is 1. The number of urea groups is 1. The summed E-state index contributed by atoms with van der Waals surface area (Å²) in [6, 6.07) is 6.20. The molecule has 1 aromatic carbocycles. The Hall–Kier alpha value is -1.17. The van der Waals surface area contributed by atoms with Crippen molar-refractivity contribution in [3.05, 3.63) is 28.2 Å². The maximum atomic E-state index is 11.6. The Bertz CT molecular complexity index is 626. The summed E-state index contributed by atoms with van der Waals surface area (Å²) < 4.78 is 0. The number of anilines is 1. The molecule has 2 fully saturated rings. The number of carbonyl (C=O) groups is 1. The van der Waals surface area contributed by atoms with Gasteiger partial charge < -0.3 is 15.1 Å². The van der Waals surface area contributed by atoms with E-state index in [1.165, 1.54) is 6.42 Å². The zero-order valence-corrected chi connectivity index (χ0v) is 17.1. The van der Waals surface area contributed by atoms with Crippen LogP contribution in [0.5, 0.6) is 0 Å². The molecule has 7 heteroatoms. The first-order valence-corrected chi connectivity index (χ1v) is 10.1. The van der Waals surface area contributed by atoms with Gasteiger partial charge in [-0.1, -0.05) is 29.3 Å². The van der Waals surface area contributed by atoms with Crippen LogP contribution in [0.4, 0.5) is 10.5 Å². The Kier molecular flexibility index (Phi) is 6.54. The van der Waals surface area contributed by atoms with Crippen molar-refractivity contribution in [1.82, 2.24) is 15.1 Å². The van der Waals surface area contributed by atoms with Crippen molar-refractivity contribution < 1.29 is 4.79 Å².